The maximum Gasteiger partial charge on any atom is 0.321 e. The molecule has 0 atom stereocenters. The second-order valence-corrected chi connectivity index (χ2v) is 7.57. The summed E-state index contributed by atoms with van der Waals surface area (Å²) < 4.78 is 18.2. The van der Waals surface area contributed by atoms with Gasteiger partial charge in [0.2, 0.25) is 0 Å². The Morgan fingerprint density at radius 1 is 1.00 bits per heavy atom. The molecule has 1 heterocycles. The number of hydrogen-bond acceptors (Lipinski definition) is 4. The van der Waals surface area contributed by atoms with E-state index in [1.54, 1.807) is 18.1 Å². The van der Waals surface area contributed by atoms with Crippen molar-refractivity contribution >= 4 is 23.5 Å². The zero-order valence-corrected chi connectivity index (χ0v) is 17.9. The Bertz CT molecular complexity index is 943. The quantitative estimate of drug-likeness (QED) is 0.599. The van der Waals surface area contributed by atoms with E-state index in [4.69, 9.17) is 4.74 Å². The minimum absolute atomic E-state index is 0.177. The molecule has 9 heteroatoms. The molecular weight excluding hydrogens is 415 g/mol. The van der Waals surface area contributed by atoms with E-state index in [1.807, 2.05) is 18.2 Å². The number of amides is 4. The number of anilines is 1. The number of urea groups is 1. The zero-order chi connectivity index (χ0) is 22.9. The van der Waals surface area contributed by atoms with Crippen molar-refractivity contribution < 1.29 is 23.5 Å². The fourth-order valence-electron chi connectivity index (χ4n) is 3.50. The highest BCUT2D eigenvalue weighted by atomic mass is 19.1. The van der Waals surface area contributed by atoms with Gasteiger partial charge in [-0.15, -0.1) is 0 Å². The molecule has 0 aliphatic carbocycles. The number of piperidine rings is 1. The molecule has 1 aliphatic rings. The summed E-state index contributed by atoms with van der Waals surface area (Å²) >= 11 is 0. The van der Waals surface area contributed by atoms with E-state index < -0.39 is 11.8 Å². The van der Waals surface area contributed by atoms with Crippen molar-refractivity contribution in [3.8, 4) is 5.75 Å². The normalized spacial score (nSPS) is 13.9. The third-order valence-corrected chi connectivity index (χ3v) is 5.39. The third-order valence-electron chi connectivity index (χ3n) is 5.39. The second kappa shape index (κ2) is 11.1. The summed E-state index contributed by atoms with van der Waals surface area (Å²) in [6.07, 6.45) is 1.42. The topological polar surface area (TPSA) is 99.8 Å². The first-order valence-corrected chi connectivity index (χ1v) is 10.5. The highest BCUT2D eigenvalue weighted by Crippen LogP contribution is 2.18. The molecule has 0 spiro atoms. The zero-order valence-electron chi connectivity index (χ0n) is 17.9. The number of methoxy groups -OCH3 is 1. The molecule has 0 saturated carbocycles. The number of halogens is 1. The van der Waals surface area contributed by atoms with Crippen molar-refractivity contribution in [1.82, 2.24) is 15.5 Å². The summed E-state index contributed by atoms with van der Waals surface area (Å²) in [5, 5.41) is 8.01. The van der Waals surface area contributed by atoms with Crippen molar-refractivity contribution in [2.75, 3.05) is 32.1 Å². The van der Waals surface area contributed by atoms with Crippen molar-refractivity contribution in [3.05, 3.63) is 59.9 Å². The number of nitrogens with zero attached hydrogens (tertiary/aromatic N) is 1. The van der Waals surface area contributed by atoms with Crippen LogP contribution in [0.1, 0.15) is 18.4 Å². The van der Waals surface area contributed by atoms with E-state index in [9.17, 15) is 18.8 Å². The van der Waals surface area contributed by atoms with Crippen LogP contribution in [0, 0.1) is 11.7 Å². The number of hydrogen-bond donors (Lipinski definition) is 3. The summed E-state index contributed by atoms with van der Waals surface area (Å²) in [4.78, 5) is 38.2. The molecule has 0 bridgehead atoms. The molecule has 2 aromatic carbocycles. The maximum atomic E-state index is 13.0. The number of benzene rings is 2. The summed E-state index contributed by atoms with van der Waals surface area (Å²) in [7, 11) is 1.55. The monoisotopic (exact) mass is 442 g/mol. The molecule has 0 unspecified atom stereocenters. The predicted octanol–water partition coefficient (Wildman–Crippen LogP) is 2.51. The van der Waals surface area contributed by atoms with Gasteiger partial charge in [-0.2, -0.15) is 0 Å². The summed E-state index contributed by atoms with van der Waals surface area (Å²) in [5.41, 5.74) is 1.31. The van der Waals surface area contributed by atoms with Gasteiger partial charge in [-0.25, -0.2) is 9.18 Å². The molecule has 1 aliphatic heterocycles. The Kier molecular flexibility index (Phi) is 8.02. The van der Waals surface area contributed by atoms with Crippen LogP contribution in [0.4, 0.5) is 14.9 Å². The lowest BCUT2D eigenvalue weighted by Crippen LogP contribution is -2.45. The third kappa shape index (κ3) is 6.44. The Morgan fingerprint density at radius 2 is 1.66 bits per heavy atom. The molecule has 3 rings (SSSR count). The summed E-state index contributed by atoms with van der Waals surface area (Å²) in [5.74, 6) is -0.929. The summed E-state index contributed by atoms with van der Waals surface area (Å²) in [6.45, 7) is 1.63. The first-order valence-electron chi connectivity index (χ1n) is 10.5. The van der Waals surface area contributed by atoms with E-state index >= 15 is 0 Å². The molecule has 8 nitrogen and oxygen atoms in total. The molecule has 170 valence electrons. The van der Waals surface area contributed by atoms with Crippen LogP contribution < -0.4 is 20.7 Å². The second-order valence-electron chi connectivity index (χ2n) is 7.57. The first-order chi connectivity index (χ1) is 15.5. The minimum atomic E-state index is -0.702. The lowest BCUT2D eigenvalue weighted by molar-refractivity contribution is -0.139. The van der Waals surface area contributed by atoms with Crippen LogP contribution >= 0.6 is 0 Å². The van der Waals surface area contributed by atoms with Crippen molar-refractivity contribution in [3.63, 3.8) is 0 Å². The molecule has 1 saturated heterocycles. The number of likely N-dealkylation sites (tertiary alicyclic amines) is 1. The van der Waals surface area contributed by atoms with Gasteiger partial charge in [0.25, 0.3) is 0 Å². The van der Waals surface area contributed by atoms with Crippen molar-refractivity contribution in [2.45, 2.75) is 19.4 Å². The van der Waals surface area contributed by atoms with Crippen LogP contribution in [0.25, 0.3) is 0 Å². The predicted molar refractivity (Wildman–Crippen MR) is 118 cm³/mol. The Morgan fingerprint density at radius 3 is 2.34 bits per heavy atom. The van der Waals surface area contributed by atoms with Crippen molar-refractivity contribution in [2.24, 2.45) is 5.92 Å². The number of carbonyl (C=O) groups is 3. The van der Waals surface area contributed by atoms with Gasteiger partial charge < -0.3 is 25.6 Å². The lowest BCUT2D eigenvalue weighted by atomic mass is 9.97. The largest absolute Gasteiger partial charge is 0.496 e. The van der Waals surface area contributed by atoms with E-state index in [-0.39, 0.29) is 24.3 Å². The van der Waals surface area contributed by atoms with Crippen LogP contribution in [0.2, 0.25) is 0 Å². The molecule has 32 heavy (non-hydrogen) atoms. The van der Waals surface area contributed by atoms with Crippen LogP contribution in [0.5, 0.6) is 5.75 Å². The van der Waals surface area contributed by atoms with Crippen LogP contribution in [0.15, 0.2) is 48.5 Å². The smallest absolute Gasteiger partial charge is 0.321 e. The number of nitrogens with one attached hydrogen (secondary N) is 3. The van der Waals surface area contributed by atoms with Gasteiger partial charge >= 0.3 is 17.8 Å². The Labute approximate surface area is 186 Å². The van der Waals surface area contributed by atoms with Crippen molar-refractivity contribution in [1.29, 1.82) is 0 Å². The molecule has 0 aromatic heterocycles. The lowest BCUT2D eigenvalue weighted by Gasteiger charge is -2.32. The van der Waals surface area contributed by atoms with Gasteiger partial charge in [-0.3, -0.25) is 9.59 Å². The molecule has 0 radical (unpaired) electrons. The number of rotatable bonds is 6. The average molecular weight is 442 g/mol. The molecule has 1 fully saturated rings. The van der Waals surface area contributed by atoms with E-state index in [0.717, 1.165) is 5.56 Å². The Balaban J connectivity index is 1.36. The fraction of sp³-hybridized carbons (Fsp3) is 0.348. The van der Waals surface area contributed by atoms with Gasteiger partial charge in [0.15, 0.2) is 0 Å². The highest BCUT2D eigenvalue weighted by molar-refractivity contribution is 6.35. The number of carbonyl (C=O) groups excluding carboxylic acids is 3. The fourth-order valence-corrected chi connectivity index (χ4v) is 3.50. The van der Waals surface area contributed by atoms with Gasteiger partial charge in [0.05, 0.1) is 7.11 Å². The summed E-state index contributed by atoms with van der Waals surface area (Å²) in [6, 6.07) is 12.6. The van der Waals surface area contributed by atoms with Crippen LogP contribution in [-0.4, -0.2) is 49.5 Å². The molecule has 2 aromatic rings. The molecule has 3 N–H and O–H groups in total. The van der Waals surface area contributed by atoms with Gasteiger partial charge in [-0.05, 0) is 49.1 Å². The van der Waals surface area contributed by atoms with E-state index in [0.29, 0.717) is 43.9 Å². The van der Waals surface area contributed by atoms with Gasteiger partial charge in [-0.1, -0.05) is 18.2 Å². The van der Waals surface area contributed by atoms with E-state index in [1.165, 1.54) is 24.3 Å². The first kappa shape index (κ1) is 23.1. The van der Waals surface area contributed by atoms with Crippen LogP contribution in [0.3, 0.4) is 0 Å². The molecular formula is C23H27FN4O4. The van der Waals surface area contributed by atoms with E-state index in [2.05, 4.69) is 16.0 Å². The van der Waals surface area contributed by atoms with Gasteiger partial charge in [0.1, 0.15) is 11.6 Å². The number of ether oxygens (including phenoxy) is 1. The minimum Gasteiger partial charge on any atom is -0.496 e. The van der Waals surface area contributed by atoms with Gasteiger partial charge in [0, 0.05) is 37.4 Å². The maximum absolute atomic E-state index is 13.0. The SMILES string of the molecule is COc1ccccc1CNC(=O)C(=O)NCC1CCN(C(=O)Nc2ccc(F)cc2)CC1. The molecule has 4 amide bonds. The average Bonchev–Trinajstić information content (AvgIpc) is 2.82. The number of para-hydroxylation sites is 1. The highest BCUT2D eigenvalue weighted by Gasteiger charge is 2.24. The Hall–Kier alpha value is -3.62. The standard InChI is InChI=1S/C23H27FN4O4/c1-32-20-5-3-2-4-17(20)15-26-22(30)21(29)25-14-16-10-12-28(13-11-16)23(31)27-19-8-6-18(24)7-9-19/h2-9,16H,10-15H2,1H3,(H,25,29)(H,26,30)(H,27,31). The van der Waals surface area contributed by atoms with Crippen LogP contribution in [-0.2, 0) is 16.1 Å².